The van der Waals surface area contributed by atoms with Crippen LogP contribution in [0, 0.1) is 11.6 Å². The Bertz CT molecular complexity index is 1090. The molecule has 0 spiro atoms. The molecule has 1 amide bonds. The fourth-order valence-corrected chi connectivity index (χ4v) is 3.12. The van der Waals surface area contributed by atoms with Gasteiger partial charge in [-0.05, 0) is 36.4 Å². The third kappa shape index (κ3) is 2.75. The molecule has 6 nitrogen and oxygen atoms in total. The van der Waals surface area contributed by atoms with Crippen LogP contribution in [0.1, 0.15) is 17.4 Å². The molecule has 1 aliphatic rings. The van der Waals surface area contributed by atoms with E-state index >= 15 is 0 Å². The van der Waals surface area contributed by atoms with Crippen LogP contribution in [-0.4, -0.2) is 21.8 Å². The number of aliphatic hydroxyl groups excluding tert-OH is 1. The SMILES string of the molecule is O=C1C(=O)N(c2ccc(F)c(F)c2)C(c2ccco2)/C1=C(/O)c1ccncc1. The highest BCUT2D eigenvalue weighted by atomic mass is 19.2. The fraction of sp³-hybridized carbons (Fsp3) is 0.0500. The Morgan fingerprint density at radius 1 is 1.07 bits per heavy atom. The molecular weight excluding hydrogens is 370 g/mol. The van der Waals surface area contributed by atoms with Crippen LogP contribution >= 0.6 is 0 Å². The first-order chi connectivity index (χ1) is 13.5. The Balaban J connectivity index is 1.93. The van der Waals surface area contributed by atoms with E-state index in [0.717, 1.165) is 17.0 Å². The second-order valence-corrected chi connectivity index (χ2v) is 6.02. The molecule has 28 heavy (non-hydrogen) atoms. The summed E-state index contributed by atoms with van der Waals surface area (Å²) in [6.07, 6.45) is 4.18. The fourth-order valence-electron chi connectivity index (χ4n) is 3.12. The molecule has 1 fully saturated rings. The molecule has 0 bridgehead atoms. The maximum Gasteiger partial charge on any atom is 0.300 e. The van der Waals surface area contributed by atoms with Crippen LogP contribution in [0.25, 0.3) is 5.76 Å². The molecule has 3 heterocycles. The second-order valence-electron chi connectivity index (χ2n) is 6.02. The van der Waals surface area contributed by atoms with Gasteiger partial charge in [-0.3, -0.25) is 19.5 Å². The quantitative estimate of drug-likeness (QED) is 0.425. The molecule has 1 aliphatic heterocycles. The van der Waals surface area contributed by atoms with Crippen molar-refractivity contribution in [2.75, 3.05) is 4.90 Å². The summed E-state index contributed by atoms with van der Waals surface area (Å²) < 4.78 is 32.5. The van der Waals surface area contributed by atoms with E-state index in [0.29, 0.717) is 0 Å². The highest BCUT2D eigenvalue weighted by Crippen LogP contribution is 2.42. The Morgan fingerprint density at radius 2 is 1.82 bits per heavy atom. The van der Waals surface area contributed by atoms with Crippen molar-refractivity contribution in [1.29, 1.82) is 0 Å². The molecule has 1 aromatic carbocycles. The molecule has 0 aliphatic carbocycles. The summed E-state index contributed by atoms with van der Waals surface area (Å²) in [6, 6.07) is 7.70. The first kappa shape index (κ1) is 17.6. The minimum Gasteiger partial charge on any atom is -0.507 e. The smallest absolute Gasteiger partial charge is 0.300 e. The number of anilines is 1. The summed E-state index contributed by atoms with van der Waals surface area (Å²) in [5.74, 6) is -4.48. The van der Waals surface area contributed by atoms with Crippen LogP contribution in [0.4, 0.5) is 14.5 Å². The van der Waals surface area contributed by atoms with E-state index in [1.807, 2.05) is 0 Å². The number of aromatic nitrogens is 1. The van der Waals surface area contributed by atoms with Crippen LogP contribution in [0.5, 0.6) is 0 Å². The zero-order chi connectivity index (χ0) is 19.8. The monoisotopic (exact) mass is 382 g/mol. The predicted octanol–water partition coefficient (Wildman–Crippen LogP) is 3.58. The van der Waals surface area contributed by atoms with Gasteiger partial charge in [0.1, 0.15) is 17.6 Å². The van der Waals surface area contributed by atoms with Crippen LogP contribution in [0.15, 0.2) is 71.1 Å². The highest BCUT2D eigenvalue weighted by molar-refractivity contribution is 6.51. The minimum absolute atomic E-state index is 0.0452. The average Bonchev–Trinajstić information content (AvgIpc) is 3.32. The van der Waals surface area contributed by atoms with E-state index in [1.165, 1.54) is 42.9 Å². The molecule has 140 valence electrons. The second kappa shape index (κ2) is 6.73. The standard InChI is InChI=1S/C20H12F2N2O4/c21-13-4-3-12(10-14(13)22)24-17(15-2-1-9-28-15)16(19(26)20(24)27)18(25)11-5-7-23-8-6-11/h1-10,17,25H/b18-16-. The van der Waals surface area contributed by atoms with Crippen molar-refractivity contribution < 1.29 is 27.9 Å². The largest absolute Gasteiger partial charge is 0.507 e. The lowest BCUT2D eigenvalue weighted by atomic mass is 9.99. The van der Waals surface area contributed by atoms with Crippen molar-refractivity contribution in [1.82, 2.24) is 4.98 Å². The number of hydrogen-bond acceptors (Lipinski definition) is 5. The first-order valence-electron chi connectivity index (χ1n) is 8.19. The molecule has 1 atom stereocenters. The first-order valence-corrected chi connectivity index (χ1v) is 8.19. The van der Waals surface area contributed by atoms with Gasteiger partial charge in [-0.15, -0.1) is 0 Å². The molecule has 1 N–H and O–H groups in total. The normalized spacial score (nSPS) is 18.6. The van der Waals surface area contributed by atoms with E-state index in [9.17, 15) is 23.5 Å². The lowest BCUT2D eigenvalue weighted by molar-refractivity contribution is -0.132. The van der Waals surface area contributed by atoms with Crippen molar-refractivity contribution in [3.05, 3.63) is 89.7 Å². The van der Waals surface area contributed by atoms with Gasteiger partial charge in [0, 0.05) is 29.7 Å². The predicted molar refractivity (Wildman–Crippen MR) is 94.1 cm³/mol. The molecule has 1 unspecified atom stereocenters. The number of furan rings is 1. The maximum atomic E-state index is 13.8. The lowest BCUT2D eigenvalue weighted by Crippen LogP contribution is -2.29. The van der Waals surface area contributed by atoms with Crippen LogP contribution < -0.4 is 4.90 Å². The van der Waals surface area contributed by atoms with Crippen LogP contribution in [0.3, 0.4) is 0 Å². The molecule has 0 saturated carbocycles. The number of rotatable bonds is 3. The topological polar surface area (TPSA) is 83.6 Å². The van der Waals surface area contributed by atoms with Crippen molar-refractivity contribution >= 4 is 23.1 Å². The summed E-state index contributed by atoms with van der Waals surface area (Å²) in [7, 11) is 0. The molecular formula is C20H12F2N2O4. The molecule has 8 heteroatoms. The molecule has 3 aromatic rings. The van der Waals surface area contributed by atoms with Gasteiger partial charge in [0.2, 0.25) is 0 Å². The van der Waals surface area contributed by atoms with Crippen molar-refractivity contribution in [3.8, 4) is 0 Å². The van der Waals surface area contributed by atoms with Gasteiger partial charge in [0.05, 0.1) is 11.8 Å². The van der Waals surface area contributed by atoms with Gasteiger partial charge < -0.3 is 9.52 Å². The third-order valence-corrected chi connectivity index (χ3v) is 4.39. The summed E-state index contributed by atoms with van der Waals surface area (Å²) in [5, 5.41) is 10.7. The summed E-state index contributed by atoms with van der Waals surface area (Å²) in [4.78, 5) is 30.3. The van der Waals surface area contributed by atoms with E-state index in [4.69, 9.17) is 4.42 Å². The third-order valence-electron chi connectivity index (χ3n) is 4.39. The minimum atomic E-state index is -1.17. The van der Waals surface area contributed by atoms with Gasteiger partial charge in [0.25, 0.3) is 11.7 Å². The Labute approximate surface area is 157 Å². The van der Waals surface area contributed by atoms with Gasteiger partial charge in [-0.1, -0.05) is 0 Å². The summed E-state index contributed by atoms with van der Waals surface area (Å²) >= 11 is 0. The summed E-state index contributed by atoms with van der Waals surface area (Å²) in [5.41, 5.74) is 0.00176. The Morgan fingerprint density at radius 3 is 2.46 bits per heavy atom. The van der Waals surface area contributed by atoms with E-state index in [-0.39, 0.29) is 22.6 Å². The molecule has 2 aromatic heterocycles. The number of hydrogen-bond donors (Lipinski definition) is 1. The number of ketones is 1. The van der Waals surface area contributed by atoms with Gasteiger partial charge in [-0.2, -0.15) is 0 Å². The van der Waals surface area contributed by atoms with Crippen molar-refractivity contribution in [2.45, 2.75) is 6.04 Å². The van der Waals surface area contributed by atoms with E-state index in [2.05, 4.69) is 4.98 Å². The van der Waals surface area contributed by atoms with E-state index in [1.54, 1.807) is 6.07 Å². The number of aliphatic hydroxyl groups is 1. The Kier molecular flexibility index (Phi) is 4.23. The van der Waals surface area contributed by atoms with Gasteiger partial charge >= 0.3 is 0 Å². The highest BCUT2D eigenvalue weighted by Gasteiger charge is 2.48. The number of amides is 1. The number of Topliss-reactive ketones (excluding diaryl/α,β-unsaturated/α-hetero) is 1. The zero-order valence-electron chi connectivity index (χ0n) is 14.2. The van der Waals surface area contributed by atoms with E-state index < -0.39 is 35.1 Å². The average molecular weight is 382 g/mol. The zero-order valence-corrected chi connectivity index (χ0v) is 14.2. The number of halogens is 2. The van der Waals surface area contributed by atoms with Crippen molar-refractivity contribution in [2.24, 2.45) is 0 Å². The van der Waals surface area contributed by atoms with Crippen LogP contribution in [-0.2, 0) is 9.59 Å². The molecule has 1 saturated heterocycles. The van der Waals surface area contributed by atoms with Gasteiger partial charge in [0.15, 0.2) is 11.6 Å². The summed E-state index contributed by atoms with van der Waals surface area (Å²) in [6.45, 7) is 0. The number of benzene rings is 1. The maximum absolute atomic E-state index is 13.8. The number of carbonyl (C=O) groups is 2. The Hall–Kier alpha value is -3.81. The number of nitrogens with zero attached hydrogens (tertiary/aromatic N) is 2. The molecule has 4 rings (SSSR count). The van der Waals surface area contributed by atoms with Crippen molar-refractivity contribution in [3.63, 3.8) is 0 Å². The molecule has 0 radical (unpaired) electrons. The van der Waals surface area contributed by atoms with Crippen LogP contribution in [0.2, 0.25) is 0 Å². The lowest BCUT2D eigenvalue weighted by Gasteiger charge is -2.23. The number of pyridine rings is 1. The number of carbonyl (C=O) groups excluding carboxylic acids is 2. The van der Waals surface area contributed by atoms with Gasteiger partial charge in [-0.25, -0.2) is 8.78 Å².